The van der Waals surface area contributed by atoms with Crippen LogP contribution in [0.1, 0.15) is 117 Å². The van der Waals surface area contributed by atoms with Gasteiger partial charge in [0.15, 0.2) is 0 Å². The van der Waals surface area contributed by atoms with Crippen molar-refractivity contribution in [3.8, 4) is 23.7 Å². The molecule has 0 aliphatic heterocycles. The van der Waals surface area contributed by atoms with Crippen LogP contribution in [0.2, 0.25) is 0 Å². The van der Waals surface area contributed by atoms with Gasteiger partial charge in [-0.05, 0) is 25.7 Å². The van der Waals surface area contributed by atoms with Gasteiger partial charge >= 0.3 is 0 Å². The number of unbranched alkanes of at least 4 members (excludes halogenated alkanes) is 13. The van der Waals surface area contributed by atoms with Crippen LogP contribution in [0.4, 0.5) is 0 Å². The van der Waals surface area contributed by atoms with E-state index in [1.165, 1.54) is 77.0 Å². The normalized spacial score (nSPS) is 9.73. The summed E-state index contributed by atoms with van der Waals surface area (Å²) in [5, 5.41) is 0. The van der Waals surface area contributed by atoms with Gasteiger partial charge in [-0.3, -0.25) is 0 Å². The Morgan fingerprint density at radius 2 is 0.636 bits per heavy atom. The molecule has 0 unspecified atom stereocenters. The molecule has 0 atom stereocenters. The minimum Gasteiger partial charge on any atom is -0.103 e. The second-order valence-electron chi connectivity index (χ2n) is 6.24. The van der Waals surface area contributed by atoms with Crippen LogP contribution in [-0.4, -0.2) is 0 Å². The molecular weight excluding hydrogens is 264 g/mol. The Balaban J connectivity index is 3.10. The van der Waals surface area contributed by atoms with Crippen LogP contribution in [0.3, 0.4) is 0 Å². The van der Waals surface area contributed by atoms with E-state index in [1.807, 2.05) is 0 Å². The van der Waals surface area contributed by atoms with Crippen molar-refractivity contribution in [1.82, 2.24) is 0 Å². The molecule has 0 aromatic rings. The van der Waals surface area contributed by atoms with Gasteiger partial charge in [-0.25, -0.2) is 0 Å². The summed E-state index contributed by atoms with van der Waals surface area (Å²) >= 11 is 0. The Morgan fingerprint density at radius 3 is 0.955 bits per heavy atom. The molecule has 22 heavy (non-hydrogen) atoms. The van der Waals surface area contributed by atoms with Gasteiger partial charge in [-0.2, -0.15) is 0 Å². The summed E-state index contributed by atoms with van der Waals surface area (Å²) < 4.78 is 0. The monoisotopic (exact) mass is 302 g/mol. The van der Waals surface area contributed by atoms with E-state index in [-0.39, 0.29) is 0 Å². The second-order valence-corrected chi connectivity index (χ2v) is 6.24. The predicted molar refractivity (Wildman–Crippen MR) is 101 cm³/mol. The van der Waals surface area contributed by atoms with Gasteiger partial charge < -0.3 is 0 Å². The average Bonchev–Trinajstić information content (AvgIpc) is 2.54. The van der Waals surface area contributed by atoms with Crippen molar-refractivity contribution >= 4 is 0 Å². The smallest absolute Gasteiger partial charge is 0.00886 e. The molecule has 0 heterocycles. The molecule has 0 heteroatoms. The average molecular weight is 303 g/mol. The van der Waals surface area contributed by atoms with Gasteiger partial charge in [0.05, 0.1) is 0 Å². The largest absolute Gasteiger partial charge is 0.103 e. The van der Waals surface area contributed by atoms with Crippen LogP contribution in [-0.2, 0) is 0 Å². The minimum atomic E-state index is 1.10. The Hall–Kier alpha value is -0.880. The summed E-state index contributed by atoms with van der Waals surface area (Å²) in [5.74, 6) is 13.1. The molecule has 0 aliphatic carbocycles. The van der Waals surface area contributed by atoms with Crippen LogP contribution in [0.5, 0.6) is 0 Å². The van der Waals surface area contributed by atoms with Gasteiger partial charge in [0, 0.05) is 25.7 Å². The maximum atomic E-state index is 3.30. The lowest BCUT2D eigenvalue weighted by Gasteiger charge is -2.00. The molecule has 0 N–H and O–H groups in total. The fraction of sp³-hybridized carbons (Fsp3) is 0.818. The molecule has 0 rings (SSSR count). The van der Waals surface area contributed by atoms with Crippen molar-refractivity contribution in [1.29, 1.82) is 0 Å². The molecule has 0 fully saturated rings. The quantitative estimate of drug-likeness (QED) is 0.248. The summed E-state index contributed by atoms with van der Waals surface area (Å²) in [6, 6.07) is 0. The topological polar surface area (TPSA) is 0 Å². The zero-order valence-corrected chi connectivity index (χ0v) is 15.3. The number of hydrogen-bond acceptors (Lipinski definition) is 0. The molecular formula is C22H38. The van der Waals surface area contributed by atoms with Gasteiger partial charge in [0.1, 0.15) is 0 Å². The lowest BCUT2D eigenvalue weighted by atomic mass is 10.1. The van der Waals surface area contributed by atoms with Crippen molar-refractivity contribution in [2.45, 2.75) is 117 Å². The van der Waals surface area contributed by atoms with E-state index in [0.29, 0.717) is 0 Å². The summed E-state index contributed by atoms with van der Waals surface area (Å²) in [7, 11) is 0. The highest BCUT2D eigenvalue weighted by Gasteiger charge is 1.91. The van der Waals surface area contributed by atoms with E-state index >= 15 is 0 Å². The van der Waals surface area contributed by atoms with Gasteiger partial charge in [0.2, 0.25) is 0 Å². The number of rotatable bonds is 13. The molecule has 126 valence electrons. The lowest BCUT2D eigenvalue weighted by Crippen LogP contribution is -1.81. The van der Waals surface area contributed by atoms with Crippen molar-refractivity contribution < 1.29 is 0 Å². The molecule has 0 amide bonds. The lowest BCUT2D eigenvalue weighted by molar-refractivity contribution is 0.573. The van der Waals surface area contributed by atoms with E-state index in [0.717, 1.165) is 25.7 Å². The molecule has 0 aromatic carbocycles. The third kappa shape index (κ3) is 19.1. The highest BCUT2D eigenvalue weighted by molar-refractivity contribution is 4.98. The zero-order chi connectivity index (χ0) is 16.1. The first-order chi connectivity index (χ1) is 10.9. The van der Waals surface area contributed by atoms with Crippen molar-refractivity contribution in [2.75, 3.05) is 0 Å². The molecule has 0 nitrogen and oxygen atoms in total. The van der Waals surface area contributed by atoms with Gasteiger partial charge in [0.25, 0.3) is 0 Å². The minimum absolute atomic E-state index is 1.10. The second kappa shape index (κ2) is 20.1. The van der Waals surface area contributed by atoms with E-state index in [1.54, 1.807) is 0 Å². The summed E-state index contributed by atoms with van der Waals surface area (Å²) in [4.78, 5) is 0. The predicted octanol–water partition coefficient (Wildman–Crippen LogP) is 7.27. The fourth-order valence-corrected chi connectivity index (χ4v) is 2.37. The first-order valence-electron chi connectivity index (χ1n) is 9.83. The molecule has 0 aromatic heterocycles. The van der Waals surface area contributed by atoms with Crippen molar-refractivity contribution in [3.63, 3.8) is 0 Å². The van der Waals surface area contributed by atoms with Gasteiger partial charge in [-0.1, -0.05) is 65.2 Å². The number of hydrogen-bond donors (Lipinski definition) is 0. The standard InChI is InChI=1S/C22H38/c1-3-5-7-9-11-13-15-17-19-21-22-20-18-16-14-12-10-8-6-4-2/h3-8,13-22H2,1-2H3. The summed E-state index contributed by atoms with van der Waals surface area (Å²) in [6.07, 6.45) is 20.4. The highest BCUT2D eigenvalue weighted by atomic mass is 14.0. The molecule has 0 saturated heterocycles. The van der Waals surface area contributed by atoms with Gasteiger partial charge in [-0.15, -0.1) is 23.7 Å². The third-order valence-electron chi connectivity index (χ3n) is 3.91. The molecule has 0 radical (unpaired) electrons. The summed E-state index contributed by atoms with van der Waals surface area (Å²) in [6.45, 7) is 4.45. The fourth-order valence-electron chi connectivity index (χ4n) is 2.37. The van der Waals surface area contributed by atoms with Crippen molar-refractivity contribution in [2.24, 2.45) is 0 Å². The van der Waals surface area contributed by atoms with Crippen LogP contribution in [0.25, 0.3) is 0 Å². The Labute approximate surface area is 140 Å². The maximum absolute atomic E-state index is 3.30. The van der Waals surface area contributed by atoms with E-state index < -0.39 is 0 Å². The van der Waals surface area contributed by atoms with Crippen LogP contribution in [0, 0.1) is 23.7 Å². The molecule has 0 aliphatic rings. The molecule has 0 bridgehead atoms. The molecule has 0 saturated carbocycles. The summed E-state index contributed by atoms with van der Waals surface area (Å²) in [5.41, 5.74) is 0. The van der Waals surface area contributed by atoms with Crippen LogP contribution >= 0.6 is 0 Å². The van der Waals surface area contributed by atoms with Crippen molar-refractivity contribution in [3.05, 3.63) is 0 Å². The Morgan fingerprint density at radius 1 is 0.364 bits per heavy atom. The SMILES string of the molecule is CCCCC#CCCCCCCCCCCC#CCCCC. The van der Waals surface area contributed by atoms with E-state index in [2.05, 4.69) is 37.5 Å². The van der Waals surface area contributed by atoms with E-state index in [4.69, 9.17) is 0 Å². The van der Waals surface area contributed by atoms with Crippen LogP contribution < -0.4 is 0 Å². The van der Waals surface area contributed by atoms with Crippen LogP contribution in [0.15, 0.2) is 0 Å². The van der Waals surface area contributed by atoms with E-state index in [9.17, 15) is 0 Å². The Kier molecular flexibility index (Phi) is 19.3. The first-order valence-corrected chi connectivity index (χ1v) is 9.83. The maximum Gasteiger partial charge on any atom is 0.00886 e. The third-order valence-corrected chi connectivity index (χ3v) is 3.91. The highest BCUT2D eigenvalue weighted by Crippen LogP contribution is 2.10. The zero-order valence-electron chi connectivity index (χ0n) is 15.3. The first kappa shape index (κ1) is 21.1. The molecule has 0 spiro atoms. The Bertz CT molecular complexity index is 283.